The lowest BCUT2D eigenvalue weighted by atomic mass is 9.98. The van der Waals surface area contributed by atoms with E-state index in [4.69, 9.17) is 16.3 Å². The highest BCUT2D eigenvalue weighted by Gasteiger charge is 2.18. The third kappa shape index (κ3) is 2.92. The molecule has 1 atom stereocenters. The van der Waals surface area contributed by atoms with Crippen molar-refractivity contribution < 1.29 is 13.5 Å². The van der Waals surface area contributed by atoms with Crippen LogP contribution in [-0.4, -0.2) is 14.2 Å². The summed E-state index contributed by atoms with van der Waals surface area (Å²) in [5, 5.41) is 3.43. The summed E-state index contributed by atoms with van der Waals surface area (Å²) >= 11 is 5.97. The maximum Gasteiger partial charge on any atom is 0.137 e. The fourth-order valence-corrected chi connectivity index (χ4v) is 2.29. The first-order valence-corrected chi connectivity index (χ1v) is 6.40. The van der Waals surface area contributed by atoms with Gasteiger partial charge in [-0.3, -0.25) is 0 Å². The van der Waals surface area contributed by atoms with E-state index in [2.05, 4.69) is 5.32 Å². The third-order valence-corrected chi connectivity index (χ3v) is 3.38. The van der Waals surface area contributed by atoms with Crippen molar-refractivity contribution in [3.05, 3.63) is 64.2 Å². The topological polar surface area (TPSA) is 21.3 Å². The summed E-state index contributed by atoms with van der Waals surface area (Å²) in [5.74, 6) is -0.469. The zero-order valence-electron chi connectivity index (χ0n) is 11.1. The molecule has 0 saturated heterocycles. The Morgan fingerprint density at radius 2 is 1.90 bits per heavy atom. The first-order valence-electron chi connectivity index (χ1n) is 6.02. The first-order chi connectivity index (χ1) is 9.56. The molecule has 0 aliphatic heterocycles. The summed E-state index contributed by atoms with van der Waals surface area (Å²) in [7, 11) is 3.18. The molecule has 0 fully saturated rings. The Hall–Kier alpha value is -1.65. The zero-order valence-corrected chi connectivity index (χ0v) is 11.8. The molecule has 2 rings (SSSR count). The Morgan fingerprint density at radius 1 is 1.15 bits per heavy atom. The second kappa shape index (κ2) is 6.20. The molecule has 2 nitrogen and oxygen atoms in total. The molecule has 0 saturated carbocycles. The molecule has 1 unspecified atom stereocenters. The molecule has 0 heterocycles. The van der Waals surface area contributed by atoms with E-state index < -0.39 is 17.7 Å². The van der Waals surface area contributed by atoms with Crippen LogP contribution in [0.5, 0.6) is 5.75 Å². The first kappa shape index (κ1) is 14.8. The van der Waals surface area contributed by atoms with Gasteiger partial charge in [-0.2, -0.15) is 0 Å². The van der Waals surface area contributed by atoms with Crippen LogP contribution in [0.4, 0.5) is 8.78 Å². The zero-order chi connectivity index (χ0) is 14.7. The van der Waals surface area contributed by atoms with E-state index in [0.717, 1.165) is 17.7 Å². The van der Waals surface area contributed by atoms with Gasteiger partial charge in [0.2, 0.25) is 0 Å². The van der Waals surface area contributed by atoms with Crippen LogP contribution in [0.2, 0.25) is 5.02 Å². The van der Waals surface area contributed by atoms with Crippen LogP contribution in [0.15, 0.2) is 36.4 Å². The van der Waals surface area contributed by atoms with Crippen molar-refractivity contribution in [1.82, 2.24) is 5.32 Å². The van der Waals surface area contributed by atoms with Gasteiger partial charge in [0.05, 0.1) is 18.2 Å². The van der Waals surface area contributed by atoms with Crippen molar-refractivity contribution in [1.29, 1.82) is 0 Å². The lowest BCUT2D eigenvalue weighted by molar-refractivity contribution is 0.414. The number of hydrogen-bond donors (Lipinski definition) is 1. The van der Waals surface area contributed by atoms with Gasteiger partial charge in [0.25, 0.3) is 0 Å². The molecule has 5 heteroatoms. The Bertz CT molecular complexity index is 619. The molecule has 0 bridgehead atoms. The van der Waals surface area contributed by atoms with Crippen LogP contribution in [0.3, 0.4) is 0 Å². The second-order valence-corrected chi connectivity index (χ2v) is 4.69. The molecule has 2 aromatic rings. The number of benzene rings is 2. The molecule has 20 heavy (non-hydrogen) atoms. The molecule has 2 aromatic carbocycles. The summed E-state index contributed by atoms with van der Waals surface area (Å²) in [6.07, 6.45) is 0. The van der Waals surface area contributed by atoms with Gasteiger partial charge >= 0.3 is 0 Å². The highest BCUT2D eigenvalue weighted by Crippen LogP contribution is 2.31. The predicted octanol–water partition coefficient (Wildman–Crippen LogP) is 3.94. The minimum absolute atomic E-state index is 0.233. The summed E-state index contributed by atoms with van der Waals surface area (Å²) in [4.78, 5) is 0. The van der Waals surface area contributed by atoms with Crippen molar-refractivity contribution in [2.75, 3.05) is 14.2 Å². The Kier molecular flexibility index (Phi) is 4.57. The molecule has 0 aliphatic rings. The maximum absolute atomic E-state index is 13.9. The van der Waals surface area contributed by atoms with Gasteiger partial charge in [0.1, 0.15) is 17.4 Å². The van der Waals surface area contributed by atoms with Crippen LogP contribution in [0.25, 0.3) is 0 Å². The van der Waals surface area contributed by atoms with Gasteiger partial charge in [-0.15, -0.1) is 0 Å². The van der Waals surface area contributed by atoms with Gasteiger partial charge in [0, 0.05) is 5.56 Å². The quantitative estimate of drug-likeness (QED) is 0.923. The van der Waals surface area contributed by atoms with E-state index >= 15 is 0 Å². The predicted molar refractivity (Wildman–Crippen MR) is 75.3 cm³/mol. The maximum atomic E-state index is 13.9. The molecule has 1 N–H and O–H groups in total. The summed E-state index contributed by atoms with van der Waals surface area (Å²) in [6.45, 7) is 0. The van der Waals surface area contributed by atoms with Crippen molar-refractivity contribution >= 4 is 11.6 Å². The molecule has 106 valence electrons. The summed E-state index contributed by atoms with van der Waals surface area (Å²) in [5.41, 5.74) is 0.968. The monoisotopic (exact) mass is 297 g/mol. The standard InChI is InChI=1S/C15H14ClF2NO/c1-19-15(11-8-10(17)4-6-13(11)18)9-3-5-12(16)14(7-9)20-2/h3-8,15,19H,1-2H3. The number of nitrogens with one attached hydrogen (secondary N) is 1. The van der Waals surface area contributed by atoms with Crippen LogP contribution in [0, 0.1) is 11.6 Å². The van der Waals surface area contributed by atoms with E-state index in [9.17, 15) is 8.78 Å². The molecular weight excluding hydrogens is 284 g/mol. The van der Waals surface area contributed by atoms with Crippen LogP contribution >= 0.6 is 11.6 Å². The Morgan fingerprint density at radius 3 is 2.55 bits per heavy atom. The number of ether oxygens (including phenoxy) is 1. The highest BCUT2D eigenvalue weighted by atomic mass is 35.5. The smallest absolute Gasteiger partial charge is 0.137 e. The molecule has 0 amide bonds. The second-order valence-electron chi connectivity index (χ2n) is 4.28. The van der Waals surface area contributed by atoms with Crippen molar-refractivity contribution in [3.63, 3.8) is 0 Å². The molecular formula is C15H14ClF2NO. The number of hydrogen-bond acceptors (Lipinski definition) is 2. The van der Waals surface area contributed by atoms with E-state index in [1.165, 1.54) is 13.2 Å². The molecule has 0 aliphatic carbocycles. The average molecular weight is 298 g/mol. The SMILES string of the molecule is CNC(c1ccc(Cl)c(OC)c1)c1cc(F)ccc1F. The van der Waals surface area contributed by atoms with Gasteiger partial charge in [-0.1, -0.05) is 17.7 Å². The molecule has 0 aromatic heterocycles. The molecule has 0 radical (unpaired) electrons. The Labute approximate surface area is 121 Å². The average Bonchev–Trinajstić information content (AvgIpc) is 2.45. The van der Waals surface area contributed by atoms with Crippen molar-refractivity contribution in [3.8, 4) is 5.75 Å². The fourth-order valence-electron chi connectivity index (χ4n) is 2.09. The highest BCUT2D eigenvalue weighted by molar-refractivity contribution is 6.32. The van der Waals surface area contributed by atoms with Crippen molar-refractivity contribution in [2.24, 2.45) is 0 Å². The lowest BCUT2D eigenvalue weighted by Crippen LogP contribution is -2.19. The minimum Gasteiger partial charge on any atom is -0.495 e. The minimum atomic E-state index is -0.489. The number of halogens is 3. The van der Waals surface area contributed by atoms with Gasteiger partial charge in [-0.25, -0.2) is 8.78 Å². The van der Waals surface area contributed by atoms with E-state index in [0.29, 0.717) is 10.8 Å². The van der Waals surface area contributed by atoms with E-state index in [-0.39, 0.29) is 5.56 Å². The van der Waals surface area contributed by atoms with Gasteiger partial charge in [-0.05, 0) is 42.9 Å². The van der Waals surface area contributed by atoms with E-state index in [1.54, 1.807) is 25.2 Å². The number of methoxy groups -OCH3 is 1. The largest absolute Gasteiger partial charge is 0.495 e. The molecule has 0 spiro atoms. The summed E-state index contributed by atoms with van der Waals surface area (Å²) < 4.78 is 32.4. The van der Waals surface area contributed by atoms with Gasteiger partial charge in [0.15, 0.2) is 0 Å². The lowest BCUT2D eigenvalue weighted by Gasteiger charge is -2.19. The fraction of sp³-hybridized carbons (Fsp3) is 0.200. The normalized spacial score (nSPS) is 12.2. The van der Waals surface area contributed by atoms with Crippen LogP contribution in [0.1, 0.15) is 17.2 Å². The van der Waals surface area contributed by atoms with Crippen LogP contribution < -0.4 is 10.1 Å². The van der Waals surface area contributed by atoms with E-state index in [1.807, 2.05) is 0 Å². The van der Waals surface area contributed by atoms with Crippen LogP contribution in [-0.2, 0) is 0 Å². The number of rotatable bonds is 4. The summed E-state index contributed by atoms with van der Waals surface area (Å²) in [6, 6.07) is 8.01. The third-order valence-electron chi connectivity index (χ3n) is 3.07. The Balaban J connectivity index is 2.49. The van der Waals surface area contributed by atoms with Crippen molar-refractivity contribution in [2.45, 2.75) is 6.04 Å². The van der Waals surface area contributed by atoms with Gasteiger partial charge < -0.3 is 10.1 Å².